The van der Waals surface area contributed by atoms with Crippen molar-refractivity contribution in [3.05, 3.63) is 33.0 Å². The number of aromatic nitrogens is 1. The fourth-order valence-corrected chi connectivity index (χ4v) is 1.08. The summed E-state index contributed by atoms with van der Waals surface area (Å²) in [7, 11) is 0. The van der Waals surface area contributed by atoms with Crippen molar-refractivity contribution >= 4 is 12.1 Å². The Morgan fingerprint density at radius 1 is 1.62 bits per heavy atom. The summed E-state index contributed by atoms with van der Waals surface area (Å²) in [4.78, 5) is 23.1. The van der Waals surface area contributed by atoms with Crippen LogP contribution in [0, 0.1) is 21.4 Å². The van der Waals surface area contributed by atoms with Gasteiger partial charge in [0, 0.05) is 0 Å². The minimum absolute atomic E-state index is 0.0191. The molecule has 0 saturated heterocycles. The average Bonchev–Trinajstić information content (AvgIpc) is 2.26. The van der Waals surface area contributed by atoms with E-state index in [2.05, 4.69) is 4.98 Å². The second-order valence-corrected chi connectivity index (χ2v) is 2.61. The molecule has 1 aromatic heterocycles. The molecule has 0 aliphatic rings. The molecular formula is C8H3F2N3O3. The number of hydrogen-bond donors (Lipinski definition) is 0. The number of aldehydes is 1. The molecule has 0 fully saturated rings. The summed E-state index contributed by atoms with van der Waals surface area (Å²) in [5.74, 6) is -0.908. The molecule has 0 unspecified atom stereocenters. The Morgan fingerprint density at radius 3 is 2.62 bits per heavy atom. The number of hydrogen-bond acceptors (Lipinski definition) is 5. The van der Waals surface area contributed by atoms with E-state index in [9.17, 15) is 23.7 Å². The van der Waals surface area contributed by atoms with Crippen LogP contribution in [0.3, 0.4) is 0 Å². The van der Waals surface area contributed by atoms with Crippen LogP contribution in [0.4, 0.5) is 14.6 Å². The molecular weight excluding hydrogens is 224 g/mol. The molecule has 1 rings (SSSR count). The third kappa shape index (κ3) is 1.83. The normalized spacial score (nSPS) is 9.88. The van der Waals surface area contributed by atoms with E-state index in [0.717, 1.165) is 0 Å². The first-order valence-corrected chi connectivity index (χ1v) is 3.83. The number of halogens is 2. The van der Waals surface area contributed by atoms with Crippen LogP contribution in [0.15, 0.2) is 6.20 Å². The lowest BCUT2D eigenvalue weighted by atomic mass is 10.1. The molecule has 0 saturated carbocycles. The second-order valence-electron chi connectivity index (χ2n) is 2.61. The maximum absolute atomic E-state index is 12.4. The predicted molar refractivity (Wildman–Crippen MR) is 46.0 cm³/mol. The highest BCUT2D eigenvalue weighted by molar-refractivity contribution is 5.83. The fraction of sp³-hybridized carbons (Fsp3) is 0.125. The van der Waals surface area contributed by atoms with Gasteiger partial charge in [0.05, 0.1) is 11.1 Å². The molecule has 16 heavy (non-hydrogen) atoms. The Hall–Kier alpha value is -2.43. The minimum atomic E-state index is -3.03. The van der Waals surface area contributed by atoms with Gasteiger partial charge in [-0.05, 0) is 9.91 Å². The maximum atomic E-state index is 12.4. The number of alkyl halides is 2. The van der Waals surface area contributed by atoms with Gasteiger partial charge in [0.15, 0.2) is 11.8 Å². The zero-order chi connectivity index (χ0) is 12.3. The summed E-state index contributed by atoms with van der Waals surface area (Å²) in [6.07, 6.45) is -2.53. The summed E-state index contributed by atoms with van der Waals surface area (Å²) < 4.78 is 24.8. The second kappa shape index (κ2) is 4.39. The first-order valence-electron chi connectivity index (χ1n) is 3.83. The zero-order valence-corrected chi connectivity index (χ0v) is 7.55. The maximum Gasteiger partial charge on any atom is 0.382 e. The van der Waals surface area contributed by atoms with Crippen molar-refractivity contribution in [3.8, 4) is 6.07 Å². The van der Waals surface area contributed by atoms with Crippen LogP contribution in [0.5, 0.6) is 0 Å². The third-order valence-corrected chi connectivity index (χ3v) is 1.77. The molecule has 1 heterocycles. The van der Waals surface area contributed by atoms with E-state index >= 15 is 0 Å². The molecule has 0 aliphatic heterocycles. The van der Waals surface area contributed by atoms with Crippen LogP contribution in [-0.2, 0) is 0 Å². The Bertz CT molecular complexity index is 496. The number of rotatable bonds is 3. The van der Waals surface area contributed by atoms with Gasteiger partial charge in [-0.2, -0.15) is 5.26 Å². The Kier molecular flexibility index (Phi) is 3.20. The van der Waals surface area contributed by atoms with Crippen LogP contribution >= 0.6 is 0 Å². The average molecular weight is 227 g/mol. The molecule has 6 nitrogen and oxygen atoms in total. The highest BCUT2D eigenvalue weighted by atomic mass is 19.3. The van der Waals surface area contributed by atoms with Crippen molar-refractivity contribution in [2.45, 2.75) is 6.43 Å². The van der Waals surface area contributed by atoms with Gasteiger partial charge in [-0.3, -0.25) is 4.79 Å². The van der Waals surface area contributed by atoms with E-state index in [1.165, 1.54) is 6.07 Å². The molecule has 82 valence electrons. The van der Waals surface area contributed by atoms with Gasteiger partial charge in [-0.25, -0.2) is 8.78 Å². The van der Waals surface area contributed by atoms with E-state index < -0.39 is 33.9 Å². The van der Waals surface area contributed by atoms with E-state index in [0.29, 0.717) is 6.20 Å². The van der Waals surface area contributed by atoms with E-state index in [-0.39, 0.29) is 6.29 Å². The molecule has 0 spiro atoms. The van der Waals surface area contributed by atoms with Gasteiger partial charge in [-0.1, -0.05) is 0 Å². The van der Waals surface area contributed by atoms with Gasteiger partial charge in [0.2, 0.25) is 0 Å². The van der Waals surface area contributed by atoms with E-state index in [4.69, 9.17) is 5.26 Å². The smallest absolute Gasteiger partial charge is 0.358 e. The standard InChI is InChI=1S/C8H3F2N3O3/c9-7(10)5-2-12-8(13(15)16)4(1-11)6(5)3-14/h2-3,7H. The quantitative estimate of drug-likeness (QED) is 0.443. The van der Waals surface area contributed by atoms with Gasteiger partial charge in [0.25, 0.3) is 6.43 Å². The fourth-order valence-electron chi connectivity index (χ4n) is 1.08. The first-order chi connectivity index (χ1) is 7.52. The monoisotopic (exact) mass is 227 g/mol. The molecule has 0 aromatic carbocycles. The summed E-state index contributed by atoms with van der Waals surface area (Å²) in [5.41, 5.74) is -2.24. The lowest BCUT2D eigenvalue weighted by Gasteiger charge is -2.03. The summed E-state index contributed by atoms with van der Waals surface area (Å²) in [5, 5.41) is 19.0. The number of nitro groups is 1. The van der Waals surface area contributed by atoms with Gasteiger partial charge < -0.3 is 10.1 Å². The van der Waals surface area contributed by atoms with Crippen molar-refractivity contribution in [1.29, 1.82) is 5.26 Å². The lowest BCUT2D eigenvalue weighted by Crippen LogP contribution is -2.04. The van der Waals surface area contributed by atoms with Crippen LogP contribution in [0.2, 0.25) is 0 Å². The predicted octanol–water partition coefficient (Wildman–Crippen LogP) is 1.61. The Morgan fingerprint density at radius 2 is 2.25 bits per heavy atom. The highest BCUT2D eigenvalue weighted by Gasteiger charge is 2.26. The third-order valence-electron chi connectivity index (χ3n) is 1.77. The molecule has 0 bridgehead atoms. The molecule has 0 amide bonds. The number of carbonyl (C=O) groups is 1. The van der Waals surface area contributed by atoms with Crippen molar-refractivity contribution < 1.29 is 18.5 Å². The molecule has 1 aromatic rings. The zero-order valence-electron chi connectivity index (χ0n) is 7.55. The minimum Gasteiger partial charge on any atom is -0.358 e. The summed E-state index contributed by atoms with van der Waals surface area (Å²) >= 11 is 0. The topological polar surface area (TPSA) is 96.9 Å². The largest absolute Gasteiger partial charge is 0.382 e. The molecule has 0 aliphatic carbocycles. The van der Waals surface area contributed by atoms with Gasteiger partial charge >= 0.3 is 5.82 Å². The summed E-state index contributed by atoms with van der Waals surface area (Å²) in [6, 6.07) is 1.32. The van der Waals surface area contributed by atoms with Crippen LogP contribution in [-0.4, -0.2) is 16.2 Å². The molecule has 0 radical (unpaired) electrons. The number of nitriles is 1. The van der Waals surface area contributed by atoms with Crippen molar-refractivity contribution in [2.75, 3.05) is 0 Å². The highest BCUT2D eigenvalue weighted by Crippen LogP contribution is 2.27. The van der Waals surface area contributed by atoms with Crippen molar-refractivity contribution in [3.63, 3.8) is 0 Å². The molecule has 0 atom stereocenters. The van der Waals surface area contributed by atoms with Crippen molar-refractivity contribution in [1.82, 2.24) is 4.98 Å². The number of carbonyl (C=O) groups excluding carboxylic acids is 1. The number of pyridine rings is 1. The van der Waals surface area contributed by atoms with Crippen molar-refractivity contribution in [2.24, 2.45) is 0 Å². The van der Waals surface area contributed by atoms with Crippen LogP contribution in [0.1, 0.15) is 27.9 Å². The first kappa shape index (κ1) is 11.6. The van der Waals surface area contributed by atoms with Gasteiger partial charge in [-0.15, -0.1) is 0 Å². The van der Waals surface area contributed by atoms with Crippen LogP contribution < -0.4 is 0 Å². The summed E-state index contributed by atoms with van der Waals surface area (Å²) in [6.45, 7) is 0. The Balaban J connectivity index is 3.60. The molecule has 8 heteroatoms. The Labute approximate surface area is 87.3 Å². The van der Waals surface area contributed by atoms with Crippen LogP contribution in [0.25, 0.3) is 0 Å². The number of nitrogens with zero attached hydrogens (tertiary/aromatic N) is 3. The van der Waals surface area contributed by atoms with E-state index in [1.807, 2.05) is 0 Å². The molecule has 0 N–H and O–H groups in total. The van der Waals surface area contributed by atoms with Gasteiger partial charge in [0.1, 0.15) is 12.3 Å². The lowest BCUT2D eigenvalue weighted by molar-refractivity contribution is -0.389. The SMILES string of the molecule is N#Cc1c([N+](=O)[O-])ncc(C(F)F)c1C=O. The van der Waals surface area contributed by atoms with E-state index in [1.54, 1.807) is 0 Å².